The lowest BCUT2D eigenvalue weighted by atomic mass is 10.1. The van der Waals surface area contributed by atoms with Crippen LogP contribution in [0.1, 0.15) is 28.8 Å². The Morgan fingerprint density at radius 1 is 0.933 bits per heavy atom. The third-order valence-corrected chi connectivity index (χ3v) is 4.32. The summed E-state index contributed by atoms with van der Waals surface area (Å²) in [4.78, 5) is 47.6. The van der Waals surface area contributed by atoms with E-state index in [1.54, 1.807) is 24.3 Å². The van der Waals surface area contributed by atoms with Crippen molar-refractivity contribution in [2.45, 2.75) is 25.3 Å². The molecule has 8 nitrogen and oxygen atoms in total. The second-order valence-electron chi connectivity index (χ2n) is 6.98. The molecule has 1 aliphatic rings. The number of carbonyl (C=O) groups is 4. The standard InChI is InChI=1S/C22H23N3O5/c26-19(11-15-5-2-1-3-6-15)23-13-21(28)30-14-20(27)24-18-8-4-7-16(12-18)22(29)25-17-9-10-17/h1-8,12,17H,9-11,13-14H2,(H,23,26)(H,24,27)(H,25,29). The highest BCUT2D eigenvalue weighted by molar-refractivity contribution is 5.98. The Kier molecular flexibility index (Phi) is 7.15. The highest BCUT2D eigenvalue weighted by Gasteiger charge is 2.23. The maximum absolute atomic E-state index is 12.1. The van der Waals surface area contributed by atoms with Crippen molar-refractivity contribution in [2.24, 2.45) is 0 Å². The molecule has 156 valence electrons. The Labute approximate surface area is 174 Å². The van der Waals surface area contributed by atoms with Crippen LogP contribution in [0, 0.1) is 0 Å². The SMILES string of the molecule is O=C(Cc1ccccc1)NCC(=O)OCC(=O)Nc1cccc(C(=O)NC2CC2)c1. The lowest BCUT2D eigenvalue weighted by molar-refractivity contribution is -0.147. The molecule has 0 spiro atoms. The zero-order valence-corrected chi connectivity index (χ0v) is 16.4. The summed E-state index contributed by atoms with van der Waals surface area (Å²) in [5.74, 6) is -1.77. The first-order valence-corrected chi connectivity index (χ1v) is 9.66. The number of ether oxygens (including phenoxy) is 1. The zero-order valence-electron chi connectivity index (χ0n) is 16.4. The van der Waals surface area contributed by atoms with E-state index in [0.717, 1.165) is 18.4 Å². The summed E-state index contributed by atoms with van der Waals surface area (Å²) in [6, 6.07) is 15.9. The van der Waals surface area contributed by atoms with Gasteiger partial charge in [-0.2, -0.15) is 0 Å². The van der Waals surface area contributed by atoms with Gasteiger partial charge in [0.25, 0.3) is 11.8 Å². The van der Waals surface area contributed by atoms with Crippen LogP contribution < -0.4 is 16.0 Å². The summed E-state index contributed by atoms with van der Waals surface area (Å²) < 4.78 is 4.87. The van der Waals surface area contributed by atoms with Gasteiger partial charge in [0.1, 0.15) is 6.54 Å². The van der Waals surface area contributed by atoms with Gasteiger partial charge in [0, 0.05) is 17.3 Å². The van der Waals surface area contributed by atoms with Crippen molar-refractivity contribution in [2.75, 3.05) is 18.5 Å². The number of hydrogen-bond acceptors (Lipinski definition) is 5. The average Bonchev–Trinajstić information content (AvgIpc) is 3.55. The molecular weight excluding hydrogens is 386 g/mol. The molecule has 1 aliphatic carbocycles. The van der Waals surface area contributed by atoms with E-state index >= 15 is 0 Å². The minimum absolute atomic E-state index is 0.152. The molecule has 0 heterocycles. The fourth-order valence-corrected chi connectivity index (χ4v) is 2.64. The van der Waals surface area contributed by atoms with Crippen LogP contribution in [-0.2, 0) is 25.5 Å². The van der Waals surface area contributed by atoms with Crippen molar-refractivity contribution in [1.82, 2.24) is 10.6 Å². The minimum atomic E-state index is -0.718. The van der Waals surface area contributed by atoms with E-state index in [-0.39, 0.29) is 30.8 Å². The van der Waals surface area contributed by atoms with Crippen molar-refractivity contribution >= 4 is 29.4 Å². The van der Waals surface area contributed by atoms with Gasteiger partial charge in [-0.25, -0.2) is 0 Å². The van der Waals surface area contributed by atoms with E-state index in [2.05, 4.69) is 16.0 Å². The molecule has 0 unspecified atom stereocenters. The summed E-state index contributed by atoms with van der Waals surface area (Å²) in [6.07, 6.45) is 2.12. The first kappa shape index (κ1) is 21.0. The molecule has 0 atom stereocenters. The first-order valence-electron chi connectivity index (χ1n) is 9.66. The van der Waals surface area contributed by atoms with Crippen LogP contribution in [0.4, 0.5) is 5.69 Å². The normalized spacial score (nSPS) is 12.5. The number of carbonyl (C=O) groups excluding carboxylic acids is 4. The van der Waals surface area contributed by atoms with Crippen LogP contribution in [0.2, 0.25) is 0 Å². The van der Waals surface area contributed by atoms with Gasteiger partial charge in [-0.05, 0) is 36.6 Å². The predicted molar refractivity (Wildman–Crippen MR) is 110 cm³/mol. The van der Waals surface area contributed by atoms with E-state index in [9.17, 15) is 19.2 Å². The number of amides is 3. The Hall–Kier alpha value is -3.68. The molecule has 30 heavy (non-hydrogen) atoms. The van der Waals surface area contributed by atoms with Crippen LogP contribution in [0.3, 0.4) is 0 Å². The van der Waals surface area contributed by atoms with E-state index in [4.69, 9.17) is 4.74 Å². The maximum Gasteiger partial charge on any atom is 0.325 e. The molecule has 0 bridgehead atoms. The lowest BCUT2D eigenvalue weighted by Crippen LogP contribution is -2.33. The third kappa shape index (κ3) is 7.05. The Morgan fingerprint density at radius 2 is 1.70 bits per heavy atom. The predicted octanol–water partition coefficient (Wildman–Crippen LogP) is 1.42. The van der Waals surface area contributed by atoms with Crippen molar-refractivity contribution in [1.29, 1.82) is 0 Å². The lowest BCUT2D eigenvalue weighted by Gasteiger charge is -2.09. The largest absolute Gasteiger partial charge is 0.454 e. The molecule has 1 fully saturated rings. The summed E-state index contributed by atoms with van der Waals surface area (Å²) in [5.41, 5.74) is 1.70. The van der Waals surface area contributed by atoms with Crippen molar-refractivity contribution in [3.8, 4) is 0 Å². The number of benzene rings is 2. The molecule has 1 saturated carbocycles. The van der Waals surface area contributed by atoms with Gasteiger partial charge in [-0.3, -0.25) is 19.2 Å². The topological polar surface area (TPSA) is 114 Å². The molecule has 2 aromatic rings. The minimum Gasteiger partial charge on any atom is -0.454 e. The molecule has 8 heteroatoms. The molecule has 3 N–H and O–H groups in total. The molecule has 3 amide bonds. The fraction of sp³-hybridized carbons (Fsp3) is 0.273. The van der Waals surface area contributed by atoms with Crippen LogP contribution in [-0.4, -0.2) is 42.9 Å². The molecule has 3 rings (SSSR count). The highest BCUT2D eigenvalue weighted by Crippen LogP contribution is 2.20. The number of rotatable bonds is 9. The average molecular weight is 409 g/mol. The summed E-state index contributed by atoms with van der Waals surface area (Å²) in [6.45, 7) is -0.818. The fourth-order valence-electron chi connectivity index (χ4n) is 2.64. The number of esters is 1. The van der Waals surface area contributed by atoms with Gasteiger partial charge in [0.2, 0.25) is 5.91 Å². The number of nitrogens with one attached hydrogen (secondary N) is 3. The van der Waals surface area contributed by atoms with Gasteiger partial charge < -0.3 is 20.7 Å². The highest BCUT2D eigenvalue weighted by atomic mass is 16.5. The van der Waals surface area contributed by atoms with Crippen LogP contribution >= 0.6 is 0 Å². The first-order chi connectivity index (χ1) is 14.5. The van der Waals surface area contributed by atoms with Crippen LogP contribution in [0.5, 0.6) is 0 Å². The molecule has 2 aromatic carbocycles. The Bertz CT molecular complexity index is 925. The van der Waals surface area contributed by atoms with Gasteiger partial charge >= 0.3 is 5.97 Å². The van der Waals surface area contributed by atoms with Gasteiger partial charge in [-0.1, -0.05) is 36.4 Å². The smallest absolute Gasteiger partial charge is 0.325 e. The van der Waals surface area contributed by atoms with Crippen molar-refractivity contribution in [3.05, 3.63) is 65.7 Å². The quantitative estimate of drug-likeness (QED) is 0.542. The monoisotopic (exact) mass is 409 g/mol. The summed E-state index contributed by atoms with van der Waals surface area (Å²) in [7, 11) is 0. The number of hydrogen-bond donors (Lipinski definition) is 3. The van der Waals surface area contributed by atoms with Crippen LogP contribution in [0.25, 0.3) is 0 Å². The van der Waals surface area contributed by atoms with Crippen molar-refractivity contribution in [3.63, 3.8) is 0 Å². The number of anilines is 1. The molecule has 0 radical (unpaired) electrons. The maximum atomic E-state index is 12.1. The van der Waals surface area contributed by atoms with Crippen LogP contribution in [0.15, 0.2) is 54.6 Å². The Morgan fingerprint density at radius 3 is 2.43 bits per heavy atom. The molecule has 0 aliphatic heterocycles. The Balaban J connectivity index is 1.37. The third-order valence-electron chi connectivity index (χ3n) is 4.32. The zero-order chi connectivity index (χ0) is 21.3. The summed E-state index contributed by atoms with van der Waals surface area (Å²) in [5, 5.41) is 7.90. The van der Waals surface area contributed by atoms with Crippen molar-refractivity contribution < 1.29 is 23.9 Å². The van der Waals surface area contributed by atoms with Gasteiger partial charge in [0.05, 0.1) is 6.42 Å². The van der Waals surface area contributed by atoms with Gasteiger partial charge in [0.15, 0.2) is 6.61 Å². The second kappa shape index (κ2) is 10.2. The van der Waals surface area contributed by atoms with E-state index in [1.807, 2.05) is 30.3 Å². The van der Waals surface area contributed by atoms with Gasteiger partial charge in [-0.15, -0.1) is 0 Å². The van der Waals surface area contributed by atoms with E-state index < -0.39 is 18.5 Å². The molecular formula is C22H23N3O5. The molecule has 0 aromatic heterocycles. The summed E-state index contributed by atoms with van der Waals surface area (Å²) >= 11 is 0. The second-order valence-corrected chi connectivity index (χ2v) is 6.98. The van der Waals surface area contributed by atoms with E-state index in [1.165, 1.54) is 0 Å². The molecule has 0 saturated heterocycles. The van der Waals surface area contributed by atoms with E-state index in [0.29, 0.717) is 11.3 Å².